The quantitative estimate of drug-likeness (QED) is 0.622. The van der Waals surface area contributed by atoms with Gasteiger partial charge >= 0.3 is 12.1 Å². The van der Waals surface area contributed by atoms with E-state index >= 15 is 0 Å². The van der Waals surface area contributed by atoms with Crippen molar-refractivity contribution in [2.75, 3.05) is 6.61 Å². The Morgan fingerprint density at radius 3 is 2.00 bits per heavy atom. The van der Waals surface area contributed by atoms with E-state index in [4.69, 9.17) is 0 Å². The topological polar surface area (TPSA) is 46.5 Å². The summed E-state index contributed by atoms with van der Waals surface area (Å²) in [4.78, 5) is 11.4. The minimum atomic E-state index is -5.10. The number of aliphatic hydroxyl groups is 1. The Morgan fingerprint density at radius 2 is 1.68 bits per heavy atom. The fourth-order valence-electron chi connectivity index (χ4n) is 1.71. The minimum Gasteiger partial charge on any atom is -0.464 e. The zero-order chi connectivity index (χ0) is 15.5. The molecule has 0 aromatic rings. The van der Waals surface area contributed by atoms with Crippen molar-refractivity contribution in [1.29, 1.82) is 0 Å². The van der Waals surface area contributed by atoms with Gasteiger partial charge in [-0.3, -0.25) is 0 Å². The molecule has 0 bridgehead atoms. The van der Waals surface area contributed by atoms with Crippen molar-refractivity contribution >= 4 is 5.97 Å². The summed E-state index contributed by atoms with van der Waals surface area (Å²) in [5, 5.41) is 9.65. The Labute approximate surface area is 111 Å². The SMILES string of the molecule is C=C(CC(C)(C)C)C[C@](O)(C(=O)OCC)C(F)(F)F. The number of carbonyl (C=O) groups excluding carboxylic acids is 1. The number of carbonyl (C=O) groups is 1. The van der Waals surface area contributed by atoms with E-state index in [2.05, 4.69) is 11.3 Å². The third-order valence-corrected chi connectivity index (χ3v) is 2.37. The highest BCUT2D eigenvalue weighted by atomic mass is 19.4. The molecule has 0 aliphatic carbocycles. The average molecular weight is 282 g/mol. The molecule has 0 spiro atoms. The first kappa shape index (κ1) is 18.0. The average Bonchev–Trinajstić information content (AvgIpc) is 2.12. The molecule has 0 radical (unpaired) electrons. The lowest BCUT2D eigenvalue weighted by Gasteiger charge is -2.30. The van der Waals surface area contributed by atoms with Crippen LogP contribution in [0.1, 0.15) is 40.5 Å². The van der Waals surface area contributed by atoms with Crippen LogP contribution in [0, 0.1) is 5.41 Å². The third-order valence-electron chi connectivity index (χ3n) is 2.37. The van der Waals surface area contributed by atoms with Gasteiger partial charge < -0.3 is 9.84 Å². The second-order valence-corrected chi connectivity index (χ2v) is 5.74. The molecule has 6 heteroatoms. The molecular formula is C13H21F3O3. The number of hydrogen-bond acceptors (Lipinski definition) is 3. The molecule has 0 aromatic carbocycles. The molecule has 0 heterocycles. The summed E-state index contributed by atoms with van der Waals surface area (Å²) in [7, 11) is 0. The van der Waals surface area contributed by atoms with Crippen LogP contribution in [0.5, 0.6) is 0 Å². The van der Waals surface area contributed by atoms with Crippen molar-refractivity contribution in [2.24, 2.45) is 5.41 Å². The predicted octanol–water partition coefficient (Wildman–Crippen LogP) is 3.23. The van der Waals surface area contributed by atoms with Gasteiger partial charge in [-0.15, -0.1) is 0 Å². The highest BCUT2D eigenvalue weighted by Gasteiger charge is 2.60. The lowest BCUT2D eigenvalue weighted by atomic mass is 9.83. The molecule has 0 unspecified atom stereocenters. The van der Waals surface area contributed by atoms with Gasteiger partial charge in [0.15, 0.2) is 0 Å². The molecule has 0 saturated heterocycles. The highest BCUT2D eigenvalue weighted by molar-refractivity contribution is 5.80. The fraction of sp³-hybridized carbons (Fsp3) is 0.769. The maximum absolute atomic E-state index is 12.9. The van der Waals surface area contributed by atoms with E-state index in [1.165, 1.54) is 6.92 Å². The van der Waals surface area contributed by atoms with E-state index < -0.39 is 24.2 Å². The molecule has 1 atom stereocenters. The largest absolute Gasteiger partial charge is 0.464 e. The Morgan fingerprint density at radius 1 is 1.21 bits per heavy atom. The van der Waals surface area contributed by atoms with Gasteiger partial charge in [-0.05, 0) is 18.8 Å². The number of hydrogen-bond donors (Lipinski definition) is 1. The van der Waals surface area contributed by atoms with Crippen LogP contribution in [-0.2, 0) is 9.53 Å². The number of esters is 1. The molecule has 0 aliphatic heterocycles. The van der Waals surface area contributed by atoms with Crippen LogP contribution in [-0.4, -0.2) is 29.5 Å². The standard InChI is InChI=1S/C13H21F3O3/c1-6-19-10(17)12(18,13(14,15)16)8-9(2)7-11(3,4)5/h18H,2,6-8H2,1,3-5H3/t12-/m0/s1. The molecule has 0 saturated carbocycles. The van der Waals surface area contributed by atoms with Crippen molar-refractivity contribution in [3.05, 3.63) is 12.2 Å². The Hall–Kier alpha value is -1.04. The number of rotatable bonds is 5. The Kier molecular flexibility index (Phi) is 5.62. The predicted molar refractivity (Wildman–Crippen MR) is 65.5 cm³/mol. The summed E-state index contributed by atoms with van der Waals surface area (Å²) < 4.78 is 43.0. The van der Waals surface area contributed by atoms with Crippen molar-refractivity contribution in [1.82, 2.24) is 0 Å². The maximum Gasteiger partial charge on any atom is 0.428 e. The minimum absolute atomic E-state index is 0.153. The maximum atomic E-state index is 12.9. The van der Waals surface area contributed by atoms with Crippen molar-refractivity contribution in [2.45, 2.75) is 52.3 Å². The number of alkyl halides is 3. The molecule has 3 nitrogen and oxygen atoms in total. The van der Waals surface area contributed by atoms with E-state index in [1.807, 2.05) is 20.8 Å². The van der Waals surface area contributed by atoms with E-state index in [9.17, 15) is 23.1 Å². The summed E-state index contributed by atoms with van der Waals surface area (Å²) in [6.45, 7) is 10.1. The summed E-state index contributed by atoms with van der Waals surface area (Å²) >= 11 is 0. The molecule has 0 amide bonds. The lowest BCUT2D eigenvalue weighted by molar-refractivity contribution is -0.262. The summed E-state index contributed by atoms with van der Waals surface area (Å²) in [6.07, 6.45) is -5.71. The van der Waals surface area contributed by atoms with Crippen LogP contribution in [0.15, 0.2) is 12.2 Å². The molecule has 0 aliphatic rings. The first-order valence-electron chi connectivity index (χ1n) is 5.96. The zero-order valence-electron chi connectivity index (χ0n) is 11.7. The van der Waals surface area contributed by atoms with Crippen LogP contribution in [0.4, 0.5) is 13.2 Å². The monoisotopic (exact) mass is 282 g/mol. The molecule has 0 rings (SSSR count). The second kappa shape index (κ2) is 5.94. The van der Waals surface area contributed by atoms with Crippen LogP contribution < -0.4 is 0 Å². The summed E-state index contributed by atoms with van der Waals surface area (Å²) in [5.74, 6) is -1.68. The second-order valence-electron chi connectivity index (χ2n) is 5.74. The Bertz CT molecular complexity index is 342. The highest BCUT2D eigenvalue weighted by Crippen LogP contribution is 2.38. The lowest BCUT2D eigenvalue weighted by Crippen LogP contribution is -2.53. The first-order valence-corrected chi connectivity index (χ1v) is 5.96. The van der Waals surface area contributed by atoms with Crippen LogP contribution in [0.2, 0.25) is 0 Å². The van der Waals surface area contributed by atoms with Crippen LogP contribution >= 0.6 is 0 Å². The van der Waals surface area contributed by atoms with E-state index in [0.717, 1.165) is 0 Å². The molecular weight excluding hydrogens is 261 g/mol. The van der Waals surface area contributed by atoms with Crippen molar-refractivity contribution in [3.63, 3.8) is 0 Å². The van der Waals surface area contributed by atoms with E-state index in [-0.39, 0.29) is 24.0 Å². The third kappa shape index (κ3) is 5.22. The van der Waals surface area contributed by atoms with Crippen molar-refractivity contribution < 1.29 is 27.8 Å². The van der Waals surface area contributed by atoms with E-state index in [1.54, 1.807) is 0 Å². The van der Waals surface area contributed by atoms with Gasteiger partial charge in [0.05, 0.1) is 6.61 Å². The first-order chi connectivity index (χ1) is 8.33. The van der Waals surface area contributed by atoms with Gasteiger partial charge in [0.25, 0.3) is 5.60 Å². The molecule has 112 valence electrons. The van der Waals surface area contributed by atoms with Crippen LogP contribution in [0.25, 0.3) is 0 Å². The van der Waals surface area contributed by atoms with Crippen LogP contribution in [0.3, 0.4) is 0 Å². The van der Waals surface area contributed by atoms with Gasteiger partial charge in [0.1, 0.15) is 0 Å². The fourth-order valence-corrected chi connectivity index (χ4v) is 1.71. The normalized spacial score (nSPS) is 15.8. The van der Waals surface area contributed by atoms with Crippen molar-refractivity contribution in [3.8, 4) is 0 Å². The van der Waals surface area contributed by atoms with Gasteiger partial charge in [-0.2, -0.15) is 13.2 Å². The number of ether oxygens (including phenoxy) is 1. The molecule has 0 aromatic heterocycles. The Balaban J connectivity index is 5.10. The molecule has 1 N–H and O–H groups in total. The summed E-state index contributed by atoms with van der Waals surface area (Å²) in [5.41, 5.74) is -3.65. The van der Waals surface area contributed by atoms with Gasteiger partial charge in [-0.1, -0.05) is 32.9 Å². The van der Waals surface area contributed by atoms with Gasteiger partial charge in [-0.25, -0.2) is 4.79 Å². The number of halogens is 3. The zero-order valence-corrected chi connectivity index (χ0v) is 11.7. The van der Waals surface area contributed by atoms with Gasteiger partial charge in [0, 0.05) is 6.42 Å². The summed E-state index contributed by atoms with van der Waals surface area (Å²) in [6, 6.07) is 0. The van der Waals surface area contributed by atoms with Gasteiger partial charge in [0.2, 0.25) is 0 Å². The molecule has 19 heavy (non-hydrogen) atoms. The smallest absolute Gasteiger partial charge is 0.428 e. The van der Waals surface area contributed by atoms with E-state index in [0.29, 0.717) is 0 Å². The molecule has 0 fully saturated rings.